The largest absolute Gasteiger partial charge is 0.455 e. The zero-order valence-electron chi connectivity index (χ0n) is 11.1. The van der Waals surface area contributed by atoms with Crippen molar-refractivity contribution in [2.45, 2.75) is 19.4 Å². The number of aliphatic hydroxyl groups excluding tert-OH is 1. The van der Waals surface area contributed by atoms with Crippen molar-refractivity contribution in [1.82, 2.24) is 0 Å². The van der Waals surface area contributed by atoms with Crippen LogP contribution in [-0.2, 0) is 13.0 Å². The molecule has 1 aromatic carbocycles. The second kappa shape index (κ2) is 6.88. The van der Waals surface area contributed by atoms with Gasteiger partial charge in [-0.2, -0.15) is 0 Å². The van der Waals surface area contributed by atoms with Crippen molar-refractivity contribution < 1.29 is 14.3 Å². The third kappa shape index (κ3) is 3.69. The number of benzene rings is 1. The first kappa shape index (κ1) is 14.3. The molecule has 106 valence electrons. The molecule has 1 aromatic heterocycles. The van der Waals surface area contributed by atoms with E-state index in [1.807, 2.05) is 24.3 Å². The highest BCUT2D eigenvalue weighted by Gasteiger charge is 2.11. The van der Waals surface area contributed by atoms with Gasteiger partial charge in [0.25, 0.3) is 5.91 Å². The van der Waals surface area contributed by atoms with Gasteiger partial charge in [-0.25, -0.2) is 0 Å². The zero-order valence-corrected chi connectivity index (χ0v) is 11.1. The standard InChI is InChI=1S/C15H18N2O3/c16-10-13-6-7-14(20-13)15(19)17-12-5-1-3-11(9-12)4-2-8-18/h1,3,5-7,9,18H,2,4,8,10,16H2,(H,17,19). The molecule has 0 fully saturated rings. The number of aryl methyl sites for hydroxylation is 1. The second-order valence-corrected chi connectivity index (χ2v) is 4.45. The molecule has 2 aromatic rings. The Morgan fingerprint density at radius 1 is 1.30 bits per heavy atom. The molecular weight excluding hydrogens is 256 g/mol. The summed E-state index contributed by atoms with van der Waals surface area (Å²) in [4.78, 5) is 12.0. The molecule has 0 atom stereocenters. The molecule has 0 bridgehead atoms. The lowest BCUT2D eigenvalue weighted by Gasteiger charge is -2.06. The molecule has 0 spiro atoms. The van der Waals surface area contributed by atoms with E-state index in [-0.39, 0.29) is 24.8 Å². The summed E-state index contributed by atoms with van der Waals surface area (Å²) in [6, 6.07) is 10.8. The molecule has 0 aliphatic carbocycles. The van der Waals surface area contributed by atoms with Crippen molar-refractivity contribution in [2.75, 3.05) is 11.9 Å². The third-order valence-electron chi connectivity index (χ3n) is 2.90. The van der Waals surface area contributed by atoms with Gasteiger partial charge >= 0.3 is 0 Å². The van der Waals surface area contributed by atoms with Gasteiger partial charge in [-0.1, -0.05) is 12.1 Å². The van der Waals surface area contributed by atoms with Gasteiger partial charge in [-0.05, 0) is 42.7 Å². The van der Waals surface area contributed by atoms with Crippen molar-refractivity contribution >= 4 is 11.6 Å². The van der Waals surface area contributed by atoms with Crippen molar-refractivity contribution in [2.24, 2.45) is 5.73 Å². The Balaban J connectivity index is 2.03. The Morgan fingerprint density at radius 3 is 2.85 bits per heavy atom. The van der Waals surface area contributed by atoms with Crippen LogP contribution in [0.5, 0.6) is 0 Å². The SMILES string of the molecule is NCc1ccc(C(=O)Nc2cccc(CCCO)c2)o1. The molecule has 0 aliphatic heterocycles. The van der Waals surface area contributed by atoms with Crippen LogP contribution in [0.2, 0.25) is 0 Å². The topological polar surface area (TPSA) is 88.5 Å². The molecule has 1 heterocycles. The molecule has 20 heavy (non-hydrogen) atoms. The van der Waals surface area contributed by atoms with Crippen LogP contribution in [0.1, 0.15) is 28.3 Å². The number of hydrogen-bond donors (Lipinski definition) is 3. The molecule has 1 amide bonds. The quantitative estimate of drug-likeness (QED) is 0.750. The molecule has 0 saturated carbocycles. The maximum Gasteiger partial charge on any atom is 0.291 e. The molecule has 0 aliphatic rings. The predicted molar refractivity (Wildman–Crippen MR) is 76.4 cm³/mol. The summed E-state index contributed by atoms with van der Waals surface area (Å²) < 4.78 is 5.29. The van der Waals surface area contributed by atoms with E-state index in [0.717, 1.165) is 12.0 Å². The summed E-state index contributed by atoms with van der Waals surface area (Å²) in [5, 5.41) is 11.6. The van der Waals surface area contributed by atoms with Gasteiger partial charge in [0.05, 0.1) is 6.54 Å². The van der Waals surface area contributed by atoms with E-state index in [1.165, 1.54) is 0 Å². The van der Waals surface area contributed by atoms with Crippen molar-refractivity contribution in [3.63, 3.8) is 0 Å². The lowest BCUT2D eigenvalue weighted by atomic mass is 10.1. The van der Waals surface area contributed by atoms with E-state index in [4.69, 9.17) is 15.3 Å². The number of anilines is 1. The fraction of sp³-hybridized carbons (Fsp3) is 0.267. The lowest BCUT2D eigenvalue weighted by molar-refractivity contribution is 0.0995. The number of nitrogens with one attached hydrogen (secondary N) is 1. The summed E-state index contributed by atoms with van der Waals surface area (Å²) in [6.45, 7) is 0.425. The number of hydrogen-bond acceptors (Lipinski definition) is 4. The van der Waals surface area contributed by atoms with Gasteiger partial charge in [0, 0.05) is 12.3 Å². The molecule has 0 radical (unpaired) electrons. The van der Waals surface area contributed by atoms with Crippen molar-refractivity contribution in [3.05, 3.63) is 53.5 Å². The molecule has 5 heteroatoms. The van der Waals surface area contributed by atoms with Gasteiger partial charge in [0.1, 0.15) is 5.76 Å². The summed E-state index contributed by atoms with van der Waals surface area (Å²) in [7, 11) is 0. The fourth-order valence-corrected chi connectivity index (χ4v) is 1.89. The van der Waals surface area contributed by atoms with E-state index in [0.29, 0.717) is 17.9 Å². The Bertz CT molecular complexity index is 578. The van der Waals surface area contributed by atoms with Crippen LogP contribution in [0, 0.1) is 0 Å². The van der Waals surface area contributed by atoms with Crippen LogP contribution in [-0.4, -0.2) is 17.6 Å². The Kier molecular flexibility index (Phi) is 4.92. The van der Waals surface area contributed by atoms with Gasteiger partial charge in [-0.3, -0.25) is 4.79 Å². The smallest absolute Gasteiger partial charge is 0.291 e. The summed E-state index contributed by atoms with van der Waals surface area (Å²) in [6.07, 6.45) is 1.48. The first-order valence-electron chi connectivity index (χ1n) is 6.53. The highest BCUT2D eigenvalue weighted by Crippen LogP contribution is 2.15. The van der Waals surface area contributed by atoms with Crippen LogP contribution in [0.3, 0.4) is 0 Å². The van der Waals surface area contributed by atoms with E-state index in [2.05, 4.69) is 5.32 Å². The van der Waals surface area contributed by atoms with Crippen LogP contribution in [0.4, 0.5) is 5.69 Å². The van der Waals surface area contributed by atoms with Crippen molar-refractivity contribution in [1.29, 1.82) is 0 Å². The van der Waals surface area contributed by atoms with E-state index >= 15 is 0 Å². The molecule has 2 rings (SSSR count). The Labute approximate surface area is 117 Å². The van der Waals surface area contributed by atoms with Gasteiger partial charge in [0.2, 0.25) is 0 Å². The van der Waals surface area contributed by atoms with E-state index < -0.39 is 0 Å². The van der Waals surface area contributed by atoms with Crippen LogP contribution < -0.4 is 11.1 Å². The summed E-state index contributed by atoms with van der Waals surface area (Å²) in [5.74, 6) is 0.516. The van der Waals surface area contributed by atoms with Crippen LogP contribution >= 0.6 is 0 Å². The predicted octanol–water partition coefficient (Wildman–Crippen LogP) is 1.92. The maximum atomic E-state index is 12.0. The molecule has 0 unspecified atom stereocenters. The number of aliphatic hydroxyl groups is 1. The molecular formula is C15H18N2O3. The fourth-order valence-electron chi connectivity index (χ4n) is 1.89. The minimum Gasteiger partial charge on any atom is -0.455 e. The normalized spacial score (nSPS) is 10.5. The minimum absolute atomic E-state index is 0.158. The molecule has 5 nitrogen and oxygen atoms in total. The number of furan rings is 1. The summed E-state index contributed by atoms with van der Waals surface area (Å²) in [5.41, 5.74) is 7.21. The maximum absolute atomic E-state index is 12.0. The molecule has 4 N–H and O–H groups in total. The first-order chi connectivity index (χ1) is 9.72. The molecule has 0 saturated heterocycles. The lowest BCUT2D eigenvalue weighted by Crippen LogP contribution is -2.11. The first-order valence-corrected chi connectivity index (χ1v) is 6.53. The van der Waals surface area contributed by atoms with Gasteiger partial charge in [-0.15, -0.1) is 0 Å². The number of amides is 1. The van der Waals surface area contributed by atoms with Crippen LogP contribution in [0.15, 0.2) is 40.8 Å². The minimum atomic E-state index is -0.302. The third-order valence-corrected chi connectivity index (χ3v) is 2.90. The Hall–Kier alpha value is -2.11. The highest BCUT2D eigenvalue weighted by molar-refractivity contribution is 6.02. The Morgan fingerprint density at radius 2 is 2.15 bits per heavy atom. The average molecular weight is 274 g/mol. The van der Waals surface area contributed by atoms with Crippen molar-refractivity contribution in [3.8, 4) is 0 Å². The van der Waals surface area contributed by atoms with Gasteiger partial charge < -0.3 is 20.6 Å². The van der Waals surface area contributed by atoms with E-state index in [1.54, 1.807) is 12.1 Å². The number of carbonyl (C=O) groups excluding carboxylic acids is 1. The van der Waals surface area contributed by atoms with Gasteiger partial charge in [0.15, 0.2) is 5.76 Å². The van der Waals surface area contributed by atoms with Crippen LogP contribution in [0.25, 0.3) is 0 Å². The second-order valence-electron chi connectivity index (χ2n) is 4.45. The average Bonchev–Trinajstić information content (AvgIpc) is 2.94. The highest BCUT2D eigenvalue weighted by atomic mass is 16.4. The zero-order chi connectivity index (χ0) is 14.4. The number of nitrogens with two attached hydrogens (primary N) is 1. The summed E-state index contributed by atoms with van der Waals surface area (Å²) >= 11 is 0. The number of rotatable bonds is 6. The number of carbonyl (C=O) groups is 1. The monoisotopic (exact) mass is 274 g/mol. The van der Waals surface area contributed by atoms with E-state index in [9.17, 15) is 4.79 Å².